The molecule has 1 fully saturated rings. The van der Waals surface area contributed by atoms with Gasteiger partial charge in [-0.2, -0.15) is 0 Å². The summed E-state index contributed by atoms with van der Waals surface area (Å²) in [5, 5.41) is 11.4. The van der Waals surface area contributed by atoms with Gasteiger partial charge in [-0.05, 0) is 104 Å². The van der Waals surface area contributed by atoms with E-state index in [1.165, 1.54) is 97.1 Å². The maximum Gasteiger partial charge on any atom is 0.00138 e. The second-order valence-corrected chi connectivity index (χ2v) is 16.8. The van der Waals surface area contributed by atoms with Crippen molar-refractivity contribution in [1.29, 1.82) is 0 Å². The van der Waals surface area contributed by atoms with Crippen molar-refractivity contribution >= 4 is 59.3 Å². The molecule has 0 spiro atoms. The van der Waals surface area contributed by atoms with Gasteiger partial charge >= 0.3 is 0 Å². The fourth-order valence-corrected chi connectivity index (χ4v) is 11.7. The summed E-state index contributed by atoms with van der Waals surface area (Å²) in [7, 11) is 0.0319. The van der Waals surface area contributed by atoms with Crippen molar-refractivity contribution < 1.29 is 0 Å². The number of rotatable bonds is 8. The molecule has 2 heteroatoms. The molecule has 1 atom stereocenters. The highest BCUT2D eigenvalue weighted by Crippen LogP contribution is 2.49. The van der Waals surface area contributed by atoms with Gasteiger partial charge in [-0.3, -0.25) is 0 Å². The molecule has 8 rings (SSSR count). The molecule has 0 aliphatic heterocycles. The van der Waals surface area contributed by atoms with E-state index in [4.69, 9.17) is 0 Å². The normalized spacial score (nSPS) is 14.0. The first kappa shape index (κ1) is 31.2. The maximum absolute atomic E-state index is 2.47. The Bertz CT molecular complexity index is 2120. The Hall–Kier alpha value is -4.08. The van der Waals surface area contributed by atoms with Crippen LogP contribution in [0.3, 0.4) is 0 Å². The molecule has 0 radical (unpaired) electrons. The summed E-state index contributed by atoms with van der Waals surface area (Å²) in [4.78, 5) is 0. The predicted molar refractivity (Wildman–Crippen MR) is 214 cm³/mol. The molecule has 0 N–H and O–H groups in total. The van der Waals surface area contributed by atoms with Gasteiger partial charge < -0.3 is 0 Å². The molecular formula is C46H42P2. The lowest BCUT2D eigenvalue weighted by Crippen LogP contribution is -2.17. The van der Waals surface area contributed by atoms with Crippen molar-refractivity contribution in [1.82, 2.24) is 0 Å². The molecule has 0 aromatic heterocycles. The molecule has 236 valence electrons. The van der Waals surface area contributed by atoms with Gasteiger partial charge in [0.25, 0.3) is 0 Å². The van der Waals surface area contributed by atoms with E-state index >= 15 is 0 Å². The van der Waals surface area contributed by atoms with Crippen LogP contribution in [0.4, 0.5) is 0 Å². The zero-order valence-electron chi connectivity index (χ0n) is 27.7. The Kier molecular flexibility index (Phi) is 9.22. The van der Waals surface area contributed by atoms with E-state index in [-0.39, 0.29) is 0 Å². The molecule has 0 nitrogen and oxygen atoms in total. The van der Waals surface area contributed by atoms with Gasteiger partial charge in [-0.1, -0.05) is 180 Å². The highest BCUT2D eigenvalue weighted by molar-refractivity contribution is 7.72. The largest absolute Gasteiger partial charge is 0.0622 e. The van der Waals surface area contributed by atoms with Gasteiger partial charge in [0.05, 0.1) is 0 Å². The van der Waals surface area contributed by atoms with Gasteiger partial charge in [-0.25, -0.2) is 0 Å². The summed E-state index contributed by atoms with van der Waals surface area (Å²) in [6.07, 6.45) is 7.57. The molecule has 0 saturated heterocycles. The third kappa shape index (κ3) is 6.14. The van der Waals surface area contributed by atoms with Gasteiger partial charge in [0.1, 0.15) is 0 Å². The van der Waals surface area contributed by atoms with Gasteiger partial charge in [-0.15, -0.1) is 0 Å². The van der Waals surface area contributed by atoms with E-state index in [1.54, 1.807) is 5.56 Å². The first-order chi connectivity index (χ1) is 23.8. The lowest BCUT2D eigenvalue weighted by atomic mass is 9.76. The third-order valence-electron chi connectivity index (χ3n) is 10.3. The summed E-state index contributed by atoms with van der Waals surface area (Å²) in [5.41, 5.74) is 7.56. The lowest BCUT2D eigenvalue weighted by molar-refractivity contribution is 0.443. The van der Waals surface area contributed by atoms with Crippen LogP contribution in [0.5, 0.6) is 0 Å². The maximum atomic E-state index is 2.47. The number of fused-ring (bicyclic) bond motifs is 2. The summed E-state index contributed by atoms with van der Waals surface area (Å²) in [6, 6.07) is 56.9. The highest BCUT2D eigenvalue weighted by Gasteiger charge is 2.28. The zero-order chi connectivity index (χ0) is 32.3. The van der Waals surface area contributed by atoms with Crippen LogP contribution < -0.4 is 21.2 Å². The predicted octanol–water partition coefficient (Wildman–Crippen LogP) is 11.3. The fraction of sp³-hybridized carbons (Fsp3) is 0.174. The molecule has 1 saturated carbocycles. The van der Waals surface area contributed by atoms with E-state index < -0.39 is 7.92 Å². The standard InChI is InChI=1S/C46H42P2/c1-33-43(35-19-6-2-7-20-35)45(41-28-16-17-29-42(41)46(33)47-37-21-8-3-9-22-37)44-36(31-30-34-18-14-15-27-40(34)44)32-48(38-23-10-4-11-24-38)39-25-12-5-13-26-39/h3-5,8-18,21-31,35,47H,2,6-7,19-20,32H2,1H3. The van der Waals surface area contributed by atoms with Crippen LogP contribution in [-0.2, 0) is 6.16 Å². The second kappa shape index (κ2) is 14.2. The first-order valence-electron chi connectivity index (χ1n) is 17.5. The topological polar surface area (TPSA) is 0 Å². The van der Waals surface area contributed by atoms with Crippen LogP contribution >= 0.6 is 16.5 Å². The van der Waals surface area contributed by atoms with Crippen molar-refractivity contribution in [3.8, 4) is 11.1 Å². The fourth-order valence-electron chi connectivity index (χ4n) is 8.05. The molecule has 7 aromatic rings. The molecule has 0 heterocycles. The van der Waals surface area contributed by atoms with Crippen molar-refractivity contribution in [2.24, 2.45) is 0 Å². The summed E-state index contributed by atoms with van der Waals surface area (Å²) >= 11 is 0. The molecule has 1 aliphatic rings. The molecule has 1 aliphatic carbocycles. The van der Waals surface area contributed by atoms with Crippen LogP contribution in [0, 0.1) is 6.92 Å². The van der Waals surface area contributed by atoms with Crippen molar-refractivity contribution in [3.05, 3.63) is 168 Å². The van der Waals surface area contributed by atoms with E-state index in [0.717, 1.165) is 6.16 Å². The van der Waals surface area contributed by atoms with Crippen molar-refractivity contribution in [3.63, 3.8) is 0 Å². The van der Waals surface area contributed by atoms with E-state index in [9.17, 15) is 0 Å². The second-order valence-electron chi connectivity index (χ2n) is 13.2. The quantitative estimate of drug-likeness (QED) is 0.143. The minimum atomic E-state index is -0.602. The van der Waals surface area contributed by atoms with Crippen LogP contribution in [0.2, 0.25) is 0 Å². The smallest absolute Gasteiger partial charge is 0.00138 e. The Balaban J connectivity index is 1.42. The molecule has 0 amide bonds. The summed E-state index contributed by atoms with van der Waals surface area (Å²) in [6.45, 7) is 2.46. The van der Waals surface area contributed by atoms with Gasteiger partial charge in [0, 0.05) is 6.16 Å². The SMILES string of the molecule is Cc1c(C2CCCCC2)c(-c2c(CP(c3ccccc3)c3ccccc3)ccc3ccccc23)c2ccccc2c1Pc1ccccc1. The Morgan fingerprint density at radius 2 is 1.10 bits per heavy atom. The van der Waals surface area contributed by atoms with E-state index in [2.05, 4.69) is 159 Å². The minimum Gasteiger partial charge on any atom is -0.0622 e. The lowest BCUT2D eigenvalue weighted by Gasteiger charge is -2.31. The Morgan fingerprint density at radius 1 is 0.542 bits per heavy atom. The Labute approximate surface area is 288 Å². The Morgan fingerprint density at radius 3 is 1.77 bits per heavy atom. The molecule has 1 unspecified atom stereocenters. The molecule has 0 bridgehead atoms. The van der Waals surface area contributed by atoms with Gasteiger partial charge in [0.15, 0.2) is 0 Å². The molecular weight excluding hydrogens is 614 g/mol. The average molecular weight is 657 g/mol. The monoisotopic (exact) mass is 656 g/mol. The molecule has 48 heavy (non-hydrogen) atoms. The van der Waals surface area contributed by atoms with Crippen LogP contribution in [0.25, 0.3) is 32.7 Å². The van der Waals surface area contributed by atoms with Crippen LogP contribution in [0.1, 0.15) is 54.7 Å². The van der Waals surface area contributed by atoms with Crippen LogP contribution in [-0.4, -0.2) is 0 Å². The molecule has 7 aromatic carbocycles. The number of hydrogen-bond acceptors (Lipinski definition) is 0. The van der Waals surface area contributed by atoms with Crippen molar-refractivity contribution in [2.45, 2.75) is 51.1 Å². The van der Waals surface area contributed by atoms with Gasteiger partial charge in [0.2, 0.25) is 0 Å². The number of benzene rings is 7. The summed E-state index contributed by atoms with van der Waals surface area (Å²) < 4.78 is 0. The summed E-state index contributed by atoms with van der Waals surface area (Å²) in [5.74, 6) is 0.578. The van der Waals surface area contributed by atoms with E-state index in [1.807, 2.05) is 0 Å². The van der Waals surface area contributed by atoms with E-state index in [0.29, 0.717) is 14.5 Å². The zero-order valence-corrected chi connectivity index (χ0v) is 29.6. The highest BCUT2D eigenvalue weighted by atomic mass is 31.1. The third-order valence-corrected chi connectivity index (χ3v) is 14.3. The average Bonchev–Trinajstić information content (AvgIpc) is 3.16. The first-order valence-corrected chi connectivity index (χ1v) is 20.0. The minimum absolute atomic E-state index is 0.578. The van der Waals surface area contributed by atoms with Crippen molar-refractivity contribution in [2.75, 3.05) is 0 Å². The van der Waals surface area contributed by atoms with Crippen LogP contribution in [0.15, 0.2) is 152 Å². The number of hydrogen-bond donors (Lipinski definition) is 0.